The van der Waals surface area contributed by atoms with Crippen molar-refractivity contribution in [2.45, 2.75) is 4.90 Å². The topological polar surface area (TPSA) is 77.2 Å². The molecule has 0 saturated carbocycles. The summed E-state index contributed by atoms with van der Waals surface area (Å²) < 4.78 is 48.7. The molecule has 2 N–H and O–H groups in total. The first kappa shape index (κ1) is 12.7. The van der Waals surface area contributed by atoms with Crippen LogP contribution in [0.25, 0.3) is 0 Å². The fourth-order valence-electron chi connectivity index (χ4n) is 1.14. The molecule has 1 aromatic rings. The van der Waals surface area contributed by atoms with E-state index in [4.69, 9.17) is 5.73 Å². The molecule has 16 heavy (non-hydrogen) atoms. The monoisotopic (exact) mass is 249 g/mol. The Hall–Kier alpha value is -1.34. The molecule has 1 aromatic carbocycles. The first-order chi connectivity index (χ1) is 7.29. The average Bonchev–Trinajstić information content (AvgIpc) is 2.19. The van der Waals surface area contributed by atoms with Gasteiger partial charge in [-0.1, -0.05) is 0 Å². The van der Waals surface area contributed by atoms with Crippen molar-refractivity contribution in [2.24, 2.45) is 5.73 Å². The fraction of sp³-hybridized carbons (Fsp3) is 0.222. The minimum Gasteiger partial charge on any atom is -0.324 e. The minimum atomic E-state index is -3.86. The van der Waals surface area contributed by atoms with Crippen LogP contribution in [0.3, 0.4) is 0 Å². The normalized spacial score (nSPS) is 11.5. The first-order valence-electron chi connectivity index (χ1n) is 4.20. The maximum absolute atomic E-state index is 13.3. The van der Waals surface area contributed by atoms with Crippen LogP contribution in [0.2, 0.25) is 0 Å². The third kappa shape index (κ3) is 2.25. The standard InChI is InChI=1S/C9H9F2NO3S/c1-16(14,15)7-3-2-5(6(13)4-12)8(10)9(7)11/h2-3H,4,12H2,1H3. The van der Waals surface area contributed by atoms with Crippen molar-refractivity contribution in [3.63, 3.8) is 0 Å². The van der Waals surface area contributed by atoms with E-state index < -0.39 is 44.3 Å². The highest BCUT2D eigenvalue weighted by atomic mass is 32.2. The molecule has 0 aromatic heterocycles. The predicted molar refractivity (Wildman–Crippen MR) is 52.9 cm³/mol. The molecule has 0 radical (unpaired) electrons. The summed E-state index contributed by atoms with van der Waals surface area (Å²) in [5.41, 5.74) is 4.44. The van der Waals surface area contributed by atoms with Crippen LogP contribution in [0, 0.1) is 11.6 Å². The lowest BCUT2D eigenvalue weighted by atomic mass is 10.1. The van der Waals surface area contributed by atoms with Crippen LogP contribution in [0.15, 0.2) is 17.0 Å². The zero-order chi connectivity index (χ0) is 12.5. The molecule has 0 fully saturated rings. The number of Topliss-reactive ketones (excluding diaryl/α,β-unsaturated/α-hetero) is 1. The van der Waals surface area contributed by atoms with Gasteiger partial charge in [-0.2, -0.15) is 0 Å². The Morgan fingerprint density at radius 3 is 2.31 bits per heavy atom. The molecular weight excluding hydrogens is 240 g/mol. The lowest BCUT2D eigenvalue weighted by Gasteiger charge is -2.05. The van der Waals surface area contributed by atoms with Crippen molar-refractivity contribution in [1.29, 1.82) is 0 Å². The van der Waals surface area contributed by atoms with E-state index in [0.29, 0.717) is 0 Å². The van der Waals surface area contributed by atoms with Gasteiger partial charge in [-0.15, -0.1) is 0 Å². The highest BCUT2D eigenvalue weighted by Crippen LogP contribution is 2.20. The van der Waals surface area contributed by atoms with Crippen molar-refractivity contribution in [3.8, 4) is 0 Å². The smallest absolute Gasteiger partial charge is 0.179 e. The molecule has 0 unspecified atom stereocenters. The lowest BCUT2D eigenvalue weighted by molar-refractivity contribution is 0.0996. The number of nitrogens with two attached hydrogens (primary N) is 1. The van der Waals surface area contributed by atoms with Gasteiger partial charge in [-0.3, -0.25) is 4.79 Å². The van der Waals surface area contributed by atoms with Gasteiger partial charge in [-0.05, 0) is 12.1 Å². The van der Waals surface area contributed by atoms with Crippen LogP contribution in [-0.4, -0.2) is 27.0 Å². The van der Waals surface area contributed by atoms with Crippen molar-refractivity contribution >= 4 is 15.6 Å². The van der Waals surface area contributed by atoms with Gasteiger partial charge in [0.15, 0.2) is 27.3 Å². The van der Waals surface area contributed by atoms with E-state index in [-0.39, 0.29) is 0 Å². The van der Waals surface area contributed by atoms with Crippen molar-refractivity contribution in [1.82, 2.24) is 0 Å². The summed E-state index contributed by atoms with van der Waals surface area (Å²) in [6.45, 7) is -0.478. The van der Waals surface area contributed by atoms with Crippen LogP contribution >= 0.6 is 0 Å². The number of sulfone groups is 1. The number of ketones is 1. The highest BCUT2D eigenvalue weighted by molar-refractivity contribution is 7.90. The number of rotatable bonds is 3. The van der Waals surface area contributed by atoms with E-state index in [2.05, 4.69) is 0 Å². The van der Waals surface area contributed by atoms with Crippen LogP contribution in [-0.2, 0) is 9.84 Å². The summed E-state index contributed by atoms with van der Waals surface area (Å²) in [5, 5.41) is 0. The quantitative estimate of drug-likeness (QED) is 0.792. The zero-order valence-corrected chi connectivity index (χ0v) is 9.14. The highest BCUT2D eigenvalue weighted by Gasteiger charge is 2.22. The van der Waals surface area contributed by atoms with E-state index in [1.165, 1.54) is 0 Å². The van der Waals surface area contributed by atoms with Gasteiger partial charge in [-0.25, -0.2) is 17.2 Å². The van der Waals surface area contributed by atoms with E-state index in [9.17, 15) is 22.0 Å². The zero-order valence-electron chi connectivity index (χ0n) is 8.33. The van der Waals surface area contributed by atoms with Gasteiger partial charge in [0.2, 0.25) is 0 Å². The average molecular weight is 249 g/mol. The third-order valence-corrected chi connectivity index (χ3v) is 3.05. The van der Waals surface area contributed by atoms with Crippen LogP contribution < -0.4 is 5.73 Å². The number of benzene rings is 1. The molecule has 0 amide bonds. The largest absolute Gasteiger partial charge is 0.324 e. The Kier molecular flexibility index (Phi) is 3.39. The summed E-state index contributed by atoms with van der Waals surface area (Å²) in [7, 11) is -3.86. The van der Waals surface area contributed by atoms with Gasteiger partial charge in [0.05, 0.1) is 12.1 Å². The molecule has 7 heteroatoms. The molecule has 0 aliphatic heterocycles. The van der Waals surface area contributed by atoms with Crippen molar-refractivity contribution < 1.29 is 22.0 Å². The lowest BCUT2D eigenvalue weighted by Crippen LogP contribution is -2.16. The Labute approximate surface area is 91.0 Å². The van der Waals surface area contributed by atoms with Crippen molar-refractivity contribution in [3.05, 3.63) is 29.3 Å². The fourth-order valence-corrected chi connectivity index (χ4v) is 1.87. The second-order valence-corrected chi connectivity index (χ2v) is 5.12. The number of carbonyl (C=O) groups excluding carboxylic acids is 1. The van der Waals surface area contributed by atoms with E-state index >= 15 is 0 Å². The molecule has 0 bridgehead atoms. The van der Waals surface area contributed by atoms with Crippen molar-refractivity contribution in [2.75, 3.05) is 12.8 Å². The van der Waals surface area contributed by atoms with E-state index in [1.54, 1.807) is 0 Å². The van der Waals surface area contributed by atoms with Gasteiger partial charge >= 0.3 is 0 Å². The summed E-state index contributed by atoms with van der Waals surface area (Å²) in [6, 6.07) is 1.75. The molecule has 0 aliphatic carbocycles. The first-order valence-corrected chi connectivity index (χ1v) is 6.09. The molecule has 0 spiro atoms. The Bertz CT molecular complexity index is 540. The van der Waals surface area contributed by atoms with E-state index in [1.807, 2.05) is 0 Å². The van der Waals surface area contributed by atoms with Gasteiger partial charge < -0.3 is 5.73 Å². The molecule has 0 atom stereocenters. The predicted octanol–water partition coefficient (Wildman–Crippen LogP) is 0.510. The van der Waals surface area contributed by atoms with Crippen LogP contribution in [0.1, 0.15) is 10.4 Å². The van der Waals surface area contributed by atoms with Gasteiger partial charge in [0, 0.05) is 6.26 Å². The molecular formula is C9H9F2NO3S. The number of hydrogen-bond donors (Lipinski definition) is 1. The third-order valence-electron chi connectivity index (χ3n) is 1.93. The summed E-state index contributed by atoms with van der Waals surface area (Å²) in [6.07, 6.45) is 0.745. The summed E-state index contributed by atoms with van der Waals surface area (Å²) in [4.78, 5) is 10.3. The number of halogens is 2. The Morgan fingerprint density at radius 2 is 1.88 bits per heavy atom. The summed E-state index contributed by atoms with van der Waals surface area (Å²) in [5.74, 6) is -3.84. The second-order valence-electron chi connectivity index (χ2n) is 3.14. The molecule has 0 aliphatic rings. The van der Waals surface area contributed by atoms with Gasteiger partial charge in [0.25, 0.3) is 0 Å². The molecule has 0 saturated heterocycles. The maximum Gasteiger partial charge on any atom is 0.179 e. The maximum atomic E-state index is 13.3. The van der Waals surface area contributed by atoms with Crippen LogP contribution in [0.4, 0.5) is 8.78 Å². The molecule has 4 nitrogen and oxygen atoms in total. The van der Waals surface area contributed by atoms with E-state index in [0.717, 1.165) is 18.4 Å². The van der Waals surface area contributed by atoms with Gasteiger partial charge in [0.1, 0.15) is 4.90 Å². The van der Waals surface area contributed by atoms with Crippen LogP contribution in [0.5, 0.6) is 0 Å². The Balaban J connectivity index is 3.47. The number of hydrogen-bond acceptors (Lipinski definition) is 4. The SMILES string of the molecule is CS(=O)(=O)c1ccc(C(=O)CN)c(F)c1F. The minimum absolute atomic E-state index is 0.478. The molecule has 0 heterocycles. The second kappa shape index (κ2) is 4.26. The summed E-state index contributed by atoms with van der Waals surface area (Å²) >= 11 is 0. The number of carbonyl (C=O) groups is 1. The Morgan fingerprint density at radius 1 is 1.31 bits per heavy atom. The molecule has 88 valence electrons. The molecule has 1 rings (SSSR count).